The second-order valence-corrected chi connectivity index (χ2v) is 5.93. The predicted molar refractivity (Wildman–Crippen MR) is 89.9 cm³/mol. The van der Waals surface area contributed by atoms with Crippen molar-refractivity contribution in [1.29, 1.82) is 0 Å². The first kappa shape index (κ1) is 16.2. The van der Waals surface area contributed by atoms with Crippen LogP contribution >= 0.6 is 0 Å². The monoisotopic (exact) mass is 290 g/mol. The van der Waals surface area contributed by atoms with E-state index in [9.17, 15) is 0 Å². The summed E-state index contributed by atoms with van der Waals surface area (Å²) in [6.45, 7) is 10.1. The smallest absolute Gasteiger partial charge is 0.0574 e. The van der Waals surface area contributed by atoms with Crippen LogP contribution in [0.25, 0.3) is 0 Å². The van der Waals surface area contributed by atoms with E-state index in [1.165, 1.54) is 31.6 Å². The van der Waals surface area contributed by atoms with Gasteiger partial charge < -0.3 is 15.1 Å². The second-order valence-electron chi connectivity index (χ2n) is 5.93. The quantitative estimate of drug-likeness (QED) is 0.797. The third-order valence-electron chi connectivity index (χ3n) is 4.38. The minimum atomic E-state index is 0.374. The second kappa shape index (κ2) is 8.35. The molecular weight excluding hydrogens is 260 g/mol. The fraction of sp³-hybridized carbons (Fsp3) is 0.706. The molecule has 0 spiro atoms. The van der Waals surface area contributed by atoms with Crippen molar-refractivity contribution < 1.29 is 0 Å². The molecule has 0 bridgehead atoms. The molecule has 1 aliphatic heterocycles. The summed E-state index contributed by atoms with van der Waals surface area (Å²) in [6, 6.07) is 4.74. The molecule has 1 fully saturated rings. The summed E-state index contributed by atoms with van der Waals surface area (Å²) < 4.78 is 0. The molecule has 1 aromatic heterocycles. The van der Waals surface area contributed by atoms with Crippen molar-refractivity contribution in [2.75, 3.05) is 44.7 Å². The highest BCUT2D eigenvalue weighted by atomic mass is 15.2. The Morgan fingerprint density at radius 3 is 2.62 bits per heavy atom. The minimum absolute atomic E-state index is 0.374. The maximum absolute atomic E-state index is 4.65. The van der Waals surface area contributed by atoms with Crippen LogP contribution in [0.15, 0.2) is 18.3 Å². The number of hydrogen-bond donors (Lipinski definition) is 1. The summed E-state index contributed by atoms with van der Waals surface area (Å²) in [5, 5.41) is 3.48. The first-order chi connectivity index (χ1) is 10.2. The highest BCUT2D eigenvalue weighted by Crippen LogP contribution is 2.18. The van der Waals surface area contributed by atoms with Gasteiger partial charge in [0.25, 0.3) is 0 Å². The van der Waals surface area contributed by atoms with Crippen LogP contribution in [-0.4, -0.2) is 49.7 Å². The molecule has 0 radical (unpaired) electrons. The number of likely N-dealkylation sites (N-methyl/N-ethyl adjacent to an activating group) is 1. The van der Waals surface area contributed by atoms with E-state index in [1.807, 2.05) is 6.20 Å². The molecule has 2 rings (SSSR count). The maximum atomic E-state index is 4.65. The van der Waals surface area contributed by atoms with Gasteiger partial charge in [0.1, 0.15) is 0 Å². The number of aromatic nitrogens is 1. The number of anilines is 1. The number of rotatable bonds is 8. The van der Waals surface area contributed by atoms with Crippen LogP contribution in [0, 0.1) is 0 Å². The maximum Gasteiger partial charge on any atom is 0.0574 e. The molecule has 1 saturated heterocycles. The van der Waals surface area contributed by atoms with Crippen LogP contribution in [0.3, 0.4) is 0 Å². The third kappa shape index (κ3) is 4.68. The molecule has 21 heavy (non-hydrogen) atoms. The van der Waals surface area contributed by atoms with Crippen LogP contribution in [0.4, 0.5) is 5.69 Å². The van der Waals surface area contributed by atoms with E-state index in [2.05, 4.69) is 53.1 Å². The molecule has 1 unspecified atom stereocenters. The number of hydrogen-bond acceptors (Lipinski definition) is 4. The molecule has 0 aromatic carbocycles. The Hall–Kier alpha value is -1.13. The topological polar surface area (TPSA) is 31.4 Å². The molecule has 1 aromatic rings. The highest BCUT2D eigenvalue weighted by Gasteiger charge is 2.13. The predicted octanol–water partition coefficient (Wildman–Crippen LogP) is 2.67. The number of nitrogens with one attached hydrogen (secondary N) is 1. The van der Waals surface area contributed by atoms with Crippen LogP contribution < -0.4 is 10.2 Å². The Morgan fingerprint density at radius 2 is 2.05 bits per heavy atom. The summed E-state index contributed by atoms with van der Waals surface area (Å²) in [5.41, 5.74) is 2.36. The molecule has 1 atom stereocenters. The van der Waals surface area contributed by atoms with Crippen molar-refractivity contribution in [1.82, 2.24) is 15.2 Å². The van der Waals surface area contributed by atoms with E-state index < -0.39 is 0 Å². The van der Waals surface area contributed by atoms with Gasteiger partial charge in [0.15, 0.2) is 0 Å². The van der Waals surface area contributed by atoms with Gasteiger partial charge >= 0.3 is 0 Å². The van der Waals surface area contributed by atoms with E-state index in [4.69, 9.17) is 0 Å². The molecule has 0 aliphatic carbocycles. The van der Waals surface area contributed by atoms with Crippen molar-refractivity contribution in [3.05, 3.63) is 24.0 Å². The summed E-state index contributed by atoms with van der Waals surface area (Å²) in [4.78, 5) is 9.51. The SMILES string of the molecule is CCNC(CC)c1ccc(N(C)CCN2CCCC2)cn1. The van der Waals surface area contributed by atoms with Gasteiger partial charge in [0.05, 0.1) is 17.6 Å². The Balaban J connectivity index is 1.87. The van der Waals surface area contributed by atoms with Crippen LogP contribution in [0.5, 0.6) is 0 Å². The lowest BCUT2D eigenvalue weighted by Gasteiger charge is -2.23. The fourth-order valence-electron chi connectivity index (χ4n) is 2.96. The van der Waals surface area contributed by atoms with E-state index in [1.54, 1.807) is 0 Å². The molecule has 118 valence electrons. The van der Waals surface area contributed by atoms with Crippen molar-refractivity contribution in [3.8, 4) is 0 Å². The largest absolute Gasteiger partial charge is 0.372 e. The van der Waals surface area contributed by atoms with Gasteiger partial charge in [-0.1, -0.05) is 13.8 Å². The highest BCUT2D eigenvalue weighted by molar-refractivity contribution is 5.43. The van der Waals surface area contributed by atoms with E-state index in [0.29, 0.717) is 6.04 Å². The molecule has 1 aliphatic rings. The first-order valence-corrected chi connectivity index (χ1v) is 8.37. The van der Waals surface area contributed by atoms with Gasteiger partial charge in [0, 0.05) is 26.2 Å². The number of pyridine rings is 1. The average molecular weight is 290 g/mol. The van der Waals surface area contributed by atoms with Gasteiger partial charge in [-0.2, -0.15) is 0 Å². The standard InChI is InChI=1S/C17H30N4/c1-4-16(18-5-2)17-9-8-15(14-19-17)20(3)12-13-21-10-6-7-11-21/h8-9,14,16,18H,4-7,10-13H2,1-3H3. The number of likely N-dealkylation sites (tertiary alicyclic amines) is 1. The first-order valence-electron chi connectivity index (χ1n) is 8.37. The lowest BCUT2D eigenvalue weighted by Crippen LogP contribution is -2.31. The molecule has 0 saturated carbocycles. The summed E-state index contributed by atoms with van der Waals surface area (Å²) in [6.07, 6.45) is 5.82. The van der Waals surface area contributed by atoms with E-state index in [0.717, 1.165) is 31.7 Å². The summed E-state index contributed by atoms with van der Waals surface area (Å²) in [7, 11) is 2.16. The average Bonchev–Trinajstić information content (AvgIpc) is 3.04. The summed E-state index contributed by atoms with van der Waals surface area (Å²) >= 11 is 0. The zero-order valence-electron chi connectivity index (χ0n) is 13.8. The Morgan fingerprint density at radius 1 is 1.29 bits per heavy atom. The van der Waals surface area contributed by atoms with Gasteiger partial charge in [-0.05, 0) is 51.0 Å². The lowest BCUT2D eigenvalue weighted by atomic mass is 10.1. The molecule has 4 heteroatoms. The zero-order valence-corrected chi connectivity index (χ0v) is 13.8. The van der Waals surface area contributed by atoms with E-state index >= 15 is 0 Å². The Bertz CT molecular complexity index is 398. The molecule has 0 amide bonds. The van der Waals surface area contributed by atoms with Crippen LogP contribution in [0.2, 0.25) is 0 Å². The van der Waals surface area contributed by atoms with Crippen molar-refractivity contribution in [3.63, 3.8) is 0 Å². The van der Waals surface area contributed by atoms with E-state index in [-0.39, 0.29) is 0 Å². The lowest BCUT2D eigenvalue weighted by molar-refractivity contribution is 0.346. The van der Waals surface area contributed by atoms with Gasteiger partial charge in [-0.15, -0.1) is 0 Å². The van der Waals surface area contributed by atoms with Gasteiger partial charge in [-0.25, -0.2) is 0 Å². The van der Waals surface area contributed by atoms with Gasteiger partial charge in [-0.3, -0.25) is 4.98 Å². The third-order valence-corrected chi connectivity index (χ3v) is 4.38. The van der Waals surface area contributed by atoms with Crippen molar-refractivity contribution >= 4 is 5.69 Å². The number of nitrogens with zero attached hydrogens (tertiary/aromatic N) is 3. The Kier molecular flexibility index (Phi) is 6.46. The Labute approximate surface area is 129 Å². The molecular formula is C17H30N4. The van der Waals surface area contributed by atoms with Gasteiger partial charge in [0.2, 0.25) is 0 Å². The molecule has 1 N–H and O–H groups in total. The van der Waals surface area contributed by atoms with Crippen LogP contribution in [0.1, 0.15) is 44.8 Å². The zero-order chi connectivity index (χ0) is 15.1. The molecule has 4 nitrogen and oxygen atoms in total. The fourth-order valence-corrected chi connectivity index (χ4v) is 2.96. The van der Waals surface area contributed by atoms with Crippen LogP contribution in [-0.2, 0) is 0 Å². The van der Waals surface area contributed by atoms with Crippen molar-refractivity contribution in [2.45, 2.75) is 39.2 Å². The normalized spacial score (nSPS) is 17.1. The summed E-state index contributed by atoms with van der Waals surface area (Å²) in [5.74, 6) is 0. The minimum Gasteiger partial charge on any atom is -0.372 e. The molecule has 2 heterocycles. The van der Waals surface area contributed by atoms with Crippen molar-refractivity contribution in [2.24, 2.45) is 0 Å².